The molecule has 0 saturated carbocycles. The lowest BCUT2D eigenvalue weighted by Gasteiger charge is -2.42. The van der Waals surface area contributed by atoms with Gasteiger partial charge in [-0.1, -0.05) is 163 Å². The molecule has 2 saturated heterocycles. The maximum atomic E-state index is 13.0. The Morgan fingerprint density at radius 3 is 1.44 bits per heavy atom. The van der Waals surface area contributed by atoms with Gasteiger partial charge >= 0.3 is 5.97 Å². The minimum absolute atomic E-state index is 0.0347. The van der Waals surface area contributed by atoms with Gasteiger partial charge in [-0.3, -0.25) is 4.79 Å². The molecule has 0 aliphatic carbocycles. The van der Waals surface area contributed by atoms with Crippen molar-refractivity contribution in [1.29, 1.82) is 0 Å². The zero-order valence-electron chi connectivity index (χ0n) is 41.3. The smallest absolute Gasteiger partial charge is 0.306 e. The highest BCUT2D eigenvalue weighted by atomic mass is 16.7. The second kappa shape index (κ2) is 40.9. The first-order chi connectivity index (χ1) is 33.1. The van der Waals surface area contributed by atoms with Crippen molar-refractivity contribution in [3.8, 4) is 0 Å². The molecule has 2 rings (SSSR count). The predicted octanol–water partition coefficient (Wildman–Crippen LogP) is 7.68. The molecule has 11 atom stereocenters. The van der Waals surface area contributed by atoms with Crippen LogP contribution in [0.4, 0.5) is 0 Å². The summed E-state index contributed by atoms with van der Waals surface area (Å²) < 4.78 is 34.1. The third-order valence-corrected chi connectivity index (χ3v) is 11.7. The maximum Gasteiger partial charge on any atom is 0.306 e. The Morgan fingerprint density at radius 2 is 0.941 bits per heavy atom. The number of aliphatic hydroxyl groups is 7. The van der Waals surface area contributed by atoms with Gasteiger partial charge in [0.05, 0.1) is 26.4 Å². The Labute approximate surface area is 408 Å². The summed E-state index contributed by atoms with van der Waals surface area (Å²) in [4.78, 5) is 13.0. The normalized spacial score (nSPS) is 26.6. The van der Waals surface area contributed by atoms with Crippen LogP contribution in [-0.2, 0) is 33.2 Å². The van der Waals surface area contributed by atoms with E-state index in [1.807, 2.05) is 6.08 Å². The molecule has 390 valence electrons. The molecule has 2 fully saturated rings. The van der Waals surface area contributed by atoms with Crippen LogP contribution in [0.25, 0.3) is 0 Å². The molecule has 0 bridgehead atoms. The lowest BCUT2D eigenvalue weighted by molar-refractivity contribution is -0.332. The van der Waals surface area contributed by atoms with Crippen LogP contribution >= 0.6 is 0 Å². The number of rotatable bonds is 39. The number of allylic oxidation sites excluding steroid dienone is 14. The number of hydrogen-bond donors (Lipinski definition) is 7. The van der Waals surface area contributed by atoms with Crippen LogP contribution in [0, 0.1) is 0 Å². The van der Waals surface area contributed by atoms with Crippen LogP contribution in [0.2, 0.25) is 0 Å². The van der Waals surface area contributed by atoms with Gasteiger partial charge in [0.1, 0.15) is 54.9 Å². The minimum atomic E-state index is -1.72. The number of carbonyl (C=O) groups is 1. The Kier molecular flexibility index (Phi) is 36.8. The van der Waals surface area contributed by atoms with Crippen molar-refractivity contribution in [2.45, 2.75) is 216 Å². The predicted molar refractivity (Wildman–Crippen MR) is 265 cm³/mol. The fourth-order valence-corrected chi connectivity index (χ4v) is 7.51. The van der Waals surface area contributed by atoms with Crippen LogP contribution in [-0.4, -0.2) is 142 Å². The van der Waals surface area contributed by atoms with E-state index in [2.05, 4.69) is 92.8 Å². The highest BCUT2D eigenvalue weighted by Crippen LogP contribution is 2.26. The fourth-order valence-electron chi connectivity index (χ4n) is 7.51. The second-order valence-corrected chi connectivity index (χ2v) is 17.6. The average Bonchev–Trinajstić information content (AvgIpc) is 3.33. The van der Waals surface area contributed by atoms with Crippen LogP contribution in [0.15, 0.2) is 85.1 Å². The topological polar surface area (TPSA) is 214 Å². The zero-order valence-corrected chi connectivity index (χ0v) is 41.3. The molecule has 0 aromatic carbocycles. The molecule has 0 aromatic rings. The Balaban J connectivity index is 1.78. The maximum absolute atomic E-state index is 13.0. The molecule has 2 aliphatic rings. The van der Waals surface area contributed by atoms with Crippen molar-refractivity contribution in [2.24, 2.45) is 0 Å². The molecule has 68 heavy (non-hydrogen) atoms. The van der Waals surface area contributed by atoms with Crippen molar-refractivity contribution in [3.05, 3.63) is 85.1 Å². The van der Waals surface area contributed by atoms with Crippen LogP contribution in [0.1, 0.15) is 149 Å². The Hall–Kier alpha value is -2.83. The number of unbranched alkanes of at least 4 members (excludes halogenated alkanes) is 11. The lowest BCUT2D eigenvalue weighted by Crippen LogP contribution is -2.61. The van der Waals surface area contributed by atoms with Crippen molar-refractivity contribution in [3.63, 3.8) is 0 Å². The minimum Gasteiger partial charge on any atom is -0.457 e. The van der Waals surface area contributed by atoms with E-state index in [0.29, 0.717) is 19.4 Å². The van der Waals surface area contributed by atoms with Gasteiger partial charge in [-0.05, 0) is 64.2 Å². The lowest BCUT2D eigenvalue weighted by atomic mass is 9.98. The zero-order chi connectivity index (χ0) is 49.5. The van der Waals surface area contributed by atoms with Gasteiger partial charge in [0.2, 0.25) is 0 Å². The SMILES string of the molecule is CC/C=C\C/C=C\C/C=C\C/C=C\C/C=C\C/C=C\C/C=C\CCCC(=O)OC(COCCCCCCCCCCCCC)COC1OC(COC2OC(CO)C(O)C(O)C2O)C(O)C(O)C1O. The van der Waals surface area contributed by atoms with E-state index in [-0.39, 0.29) is 19.6 Å². The standard InChI is InChI=1S/C54H90O14/c1-3-5-7-9-11-13-15-16-17-18-19-20-21-22-23-24-25-26-27-29-31-33-35-37-46(56)66-43(40-63-38-36-34-32-30-28-14-12-10-8-6-4-2)41-64-53-52(62)50(60)48(58)45(68-53)42-65-54-51(61)49(59)47(57)44(39-55)67-54/h5,7,11,13,16-17,19-20,22-23,25-26,29,31,43-45,47-55,57-62H,3-4,6,8-10,12,14-15,18,21,24,27-28,30,32-42H2,1-2H3/b7-5-,13-11-,17-16-,20-19-,23-22-,26-25-,31-29-. The summed E-state index contributed by atoms with van der Waals surface area (Å²) in [6.45, 7) is 3.47. The van der Waals surface area contributed by atoms with Gasteiger partial charge in [0.25, 0.3) is 0 Å². The van der Waals surface area contributed by atoms with Crippen LogP contribution in [0.3, 0.4) is 0 Å². The van der Waals surface area contributed by atoms with Gasteiger partial charge in [-0.2, -0.15) is 0 Å². The average molecular weight is 963 g/mol. The molecule has 2 aliphatic heterocycles. The number of esters is 1. The highest BCUT2D eigenvalue weighted by Gasteiger charge is 2.47. The quantitative estimate of drug-likeness (QED) is 0.0179. The third-order valence-electron chi connectivity index (χ3n) is 11.7. The van der Waals surface area contributed by atoms with E-state index in [4.69, 9.17) is 28.4 Å². The molecule has 14 nitrogen and oxygen atoms in total. The molecule has 0 aromatic heterocycles. The van der Waals surface area contributed by atoms with Gasteiger partial charge in [0, 0.05) is 13.0 Å². The Morgan fingerprint density at radius 1 is 0.500 bits per heavy atom. The Bertz CT molecular complexity index is 1440. The largest absolute Gasteiger partial charge is 0.457 e. The van der Waals surface area contributed by atoms with Crippen molar-refractivity contribution >= 4 is 5.97 Å². The molecular formula is C54H90O14. The van der Waals surface area contributed by atoms with Crippen molar-refractivity contribution < 1.29 is 69.0 Å². The molecular weight excluding hydrogens is 873 g/mol. The van der Waals surface area contributed by atoms with Crippen LogP contribution in [0.5, 0.6) is 0 Å². The van der Waals surface area contributed by atoms with Crippen molar-refractivity contribution in [1.82, 2.24) is 0 Å². The molecule has 0 radical (unpaired) electrons. The van der Waals surface area contributed by atoms with Gasteiger partial charge in [-0.25, -0.2) is 0 Å². The van der Waals surface area contributed by atoms with E-state index < -0.39 is 86.7 Å². The summed E-state index contributed by atoms with van der Waals surface area (Å²) in [5.41, 5.74) is 0. The molecule has 0 amide bonds. The number of aliphatic hydroxyl groups excluding tert-OH is 7. The summed E-state index contributed by atoms with van der Waals surface area (Å²) in [6.07, 6.45) is 35.1. The third kappa shape index (κ3) is 28.1. The number of hydrogen-bond acceptors (Lipinski definition) is 14. The first-order valence-electron chi connectivity index (χ1n) is 25.7. The summed E-state index contributed by atoms with van der Waals surface area (Å²) >= 11 is 0. The van der Waals surface area contributed by atoms with E-state index in [1.54, 1.807) is 0 Å². The van der Waals surface area contributed by atoms with E-state index >= 15 is 0 Å². The first kappa shape index (κ1) is 61.3. The summed E-state index contributed by atoms with van der Waals surface area (Å²) in [6, 6.07) is 0. The summed E-state index contributed by atoms with van der Waals surface area (Å²) in [5.74, 6) is -0.436. The molecule has 11 unspecified atom stereocenters. The second-order valence-electron chi connectivity index (χ2n) is 17.6. The summed E-state index contributed by atoms with van der Waals surface area (Å²) in [7, 11) is 0. The monoisotopic (exact) mass is 963 g/mol. The van der Waals surface area contributed by atoms with E-state index in [1.165, 1.54) is 51.4 Å². The van der Waals surface area contributed by atoms with E-state index in [0.717, 1.165) is 64.2 Å². The molecule has 14 heteroatoms. The summed E-state index contributed by atoms with van der Waals surface area (Å²) in [5, 5.41) is 72.1. The van der Waals surface area contributed by atoms with Gasteiger partial charge in [0.15, 0.2) is 12.6 Å². The fraction of sp³-hybridized carbons (Fsp3) is 0.722. The first-order valence-corrected chi connectivity index (χ1v) is 25.7. The highest BCUT2D eigenvalue weighted by molar-refractivity contribution is 5.69. The molecule has 0 spiro atoms. The number of ether oxygens (including phenoxy) is 6. The van der Waals surface area contributed by atoms with Gasteiger partial charge in [-0.15, -0.1) is 0 Å². The van der Waals surface area contributed by atoms with Crippen molar-refractivity contribution in [2.75, 3.05) is 33.0 Å². The molecule has 7 N–H and O–H groups in total. The van der Waals surface area contributed by atoms with Crippen LogP contribution < -0.4 is 0 Å². The molecule has 2 heterocycles. The van der Waals surface area contributed by atoms with Gasteiger partial charge < -0.3 is 64.2 Å². The number of carbonyl (C=O) groups excluding carboxylic acids is 1. The van der Waals surface area contributed by atoms with E-state index in [9.17, 15) is 40.5 Å².